The predicted octanol–water partition coefficient (Wildman–Crippen LogP) is 5.49. The van der Waals surface area contributed by atoms with Crippen LogP contribution >= 0.6 is 0 Å². The lowest BCUT2D eigenvalue weighted by Gasteiger charge is -2.14. The van der Waals surface area contributed by atoms with Gasteiger partial charge in [-0.15, -0.1) is 0 Å². The molecule has 0 bridgehead atoms. The van der Waals surface area contributed by atoms with E-state index < -0.39 is 0 Å². The van der Waals surface area contributed by atoms with Crippen LogP contribution in [-0.4, -0.2) is 23.3 Å². The van der Waals surface area contributed by atoms with Crippen LogP contribution in [0.15, 0.2) is 77.6 Å². The standard InChI is InChI=1S/C27H28N2O3/c1-3-20-10-14-23(15-11-20)32-19-7-6-18-29-26(21-12-16-22(31-2)17-13-21)28-25-9-5-4-8-24(25)27(29)30/h4-5,8-17H,3,6-7,18-19H2,1-2H3. The van der Waals surface area contributed by atoms with Crippen LogP contribution in [0.4, 0.5) is 0 Å². The molecule has 5 nitrogen and oxygen atoms in total. The van der Waals surface area contributed by atoms with E-state index in [-0.39, 0.29) is 5.56 Å². The van der Waals surface area contributed by atoms with E-state index >= 15 is 0 Å². The van der Waals surface area contributed by atoms with Crippen molar-refractivity contribution in [1.29, 1.82) is 0 Å². The number of aryl methyl sites for hydroxylation is 1. The normalized spacial score (nSPS) is 10.9. The lowest BCUT2D eigenvalue weighted by atomic mass is 10.1. The van der Waals surface area contributed by atoms with Gasteiger partial charge in [0.1, 0.15) is 17.3 Å². The molecular formula is C27H28N2O3. The summed E-state index contributed by atoms with van der Waals surface area (Å²) in [5.74, 6) is 2.32. The third-order valence-corrected chi connectivity index (χ3v) is 5.59. The van der Waals surface area contributed by atoms with Crippen molar-refractivity contribution in [3.05, 3.63) is 88.7 Å². The average Bonchev–Trinajstić information content (AvgIpc) is 2.85. The Bertz CT molecular complexity index is 1230. The van der Waals surface area contributed by atoms with E-state index in [1.165, 1.54) is 5.56 Å². The van der Waals surface area contributed by atoms with E-state index in [9.17, 15) is 4.79 Å². The van der Waals surface area contributed by atoms with Gasteiger partial charge in [-0.05, 0) is 73.4 Å². The highest BCUT2D eigenvalue weighted by molar-refractivity contribution is 5.79. The maximum Gasteiger partial charge on any atom is 0.261 e. The first-order valence-corrected chi connectivity index (χ1v) is 11.1. The minimum absolute atomic E-state index is 0.0162. The van der Waals surface area contributed by atoms with Crippen molar-refractivity contribution >= 4 is 10.9 Å². The van der Waals surface area contributed by atoms with Crippen LogP contribution in [0, 0.1) is 0 Å². The number of unbranched alkanes of at least 4 members (excludes halogenated alkanes) is 1. The maximum atomic E-state index is 13.3. The van der Waals surface area contributed by atoms with Crippen LogP contribution < -0.4 is 15.0 Å². The Balaban J connectivity index is 1.51. The zero-order chi connectivity index (χ0) is 22.3. The Morgan fingerprint density at radius 3 is 2.31 bits per heavy atom. The van der Waals surface area contributed by atoms with Crippen molar-refractivity contribution in [2.24, 2.45) is 0 Å². The van der Waals surface area contributed by atoms with E-state index in [4.69, 9.17) is 14.5 Å². The third kappa shape index (κ3) is 4.83. The number of hydrogen-bond acceptors (Lipinski definition) is 4. The summed E-state index contributed by atoms with van der Waals surface area (Å²) in [6.07, 6.45) is 2.68. The molecule has 0 saturated heterocycles. The van der Waals surface area contributed by atoms with Crippen LogP contribution in [-0.2, 0) is 13.0 Å². The highest BCUT2D eigenvalue weighted by Gasteiger charge is 2.13. The lowest BCUT2D eigenvalue weighted by Crippen LogP contribution is -2.24. The molecule has 0 aliphatic carbocycles. The Hall–Kier alpha value is -3.60. The molecule has 1 heterocycles. The summed E-state index contributed by atoms with van der Waals surface area (Å²) in [6, 6.07) is 23.4. The summed E-state index contributed by atoms with van der Waals surface area (Å²) in [7, 11) is 1.64. The Morgan fingerprint density at radius 1 is 0.875 bits per heavy atom. The van der Waals surface area contributed by atoms with Crippen molar-refractivity contribution in [2.45, 2.75) is 32.7 Å². The van der Waals surface area contributed by atoms with Gasteiger partial charge in [0.25, 0.3) is 5.56 Å². The molecule has 164 valence electrons. The zero-order valence-electron chi connectivity index (χ0n) is 18.6. The van der Waals surface area contributed by atoms with Gasteiger partial charge in [-0.25, -0.2) is 4.98 Å². The maximum absolute atomic E-state index is 13.3. The van der Waals surface area contributed by atoms with Crippen LogP contribution in [0.3, 0.4) is 0 Å². The van der Waals surface area contributed by atoms with E-state index in [2.05, 4.69) is 19.1 Å². The second-order valence-electron chi connectivity index (χ2n) is 7.69. The molecule has 5 heteroatoms. The van der Waals surface area contributed by atoms with Crippen molar-refractivity contribution in [1.82, 2.24) is 9.55 Å². The first-order valence-electron chi connectivity index (χ1n) is 11.1. The molecule has 32 heavy (non-hydrogen) atoms. The molecule has 0 atom stereocenters. The average molecular weight is 429 g/mol. The van der Waals surface area contributed by atoms with Gasteiger partial charge in [0, 0.05) is 12.1 Å². The summed E-state index contributed by atoms with van der Waals surface area (Å²) in [4.78, 5) is 18.1. The van der Waals surface area contributed by atoms with Crippen LogP contribution in [0.2, 0.25) is 0 Å². The van der Waals surface area contributed by atoms with Gasteiger partial charge in [-0.3, -0.25) is 9.36 Å². The highest BCUT2D eigenvalue weighted by atomic mass is 16.5. The number of benzene rings is 3. The molecule has 1 aromatic heterocycles. The third-order valence-electron chi connectivity index (χ3n) is 5.59. The number of rotatable bonds is 9. The zero-order valence-corrected chi connectivity index (χ0v) is 18.6. The Morgan fingerprint density at radius 2 is 1.59 bits per heavy atom. The van der Waals surface area contributed by atoms with Crippen LogP contribution in [0.25, 0.3) is 22.3 Å². The minimum Gasteiger partial charge on any atom is -0.497 e. The molecule has 3 aromatic carbocycles. The Labute approximate surface area is 188 Å². The quantitative estimate of drug-likeness (QED) is 0.331. The van der Waals surface area contributed by atoms with E-state index in [1.54, 1.807) is 11.7 Å². The van der Waals surface area contributed by atoms with Gasteiger partial charge >= 0.3 is 0 Å². The molecule has 0 radical (unpaired) electrons. The monoisotopic (exact) mass is 428 g/mol. The molecular weight excluding hydrogens is 400 g/mol. The molecule has 0 fully saturated rings. The fourth-order valence-corrected chi connectivity index (χ4v) is 3.72. The fraction of sp³-hybridized carbons (Fsp3) is 0.259. The smallest absolute Gasteiger partial charge is 0.261 e. The van der Waals surface area contributed by atoms with Crippen molar-refractivity contribution in [3.63, 3.8) is 0 Å². The molecule has 0 N–H and O–H groups in total. The summed E-state index contributed by atoms with van der Waals surface area (Å²) in [5.41, 5.74) is 2.88. The SMILES string of the molecule is CCc1ccc(OCCCCn2c(-c3ccc(OC)cc3)nc3ccccc3c2=O)cc1. The Kier molecular flexibility index (Phi) is 6.85. The number of aromatic nitrogens is 2. The van der Waals surface area contributed by atoms with Gasteiger partial charge in [0.2, 0.25) is 0 Å². The molecule has 0 saturated carbocycles. The second-order valence-corrected chi connectivity index (χ2v) is 7.69. The van der Waals surface area contributed by atoms with E-state index in [0.717, 1.165) is 36.3 Å². The van der Waals surface area contributed by atoms with Gasteiger partial charge in [0.05, 0.1) is 24.6 Å². The first-order chi connectivity index (χ1) is 15.7. The molecule has 0 aliphatic rings. The number of fused-ring (bicyclic) bond motifs is 1. The van der Waals surface area contributed by atoms with Crippen LogP contribution in [0.1, 0.15) is 25.3 Å². The van der Waals surface area contributed by atoms with Crippen molar-refractivity contribution < 1.29 is 9.47 Å². The number of methoxy groups -OCH3 is 1. The largest absolute Gasteiger partial charge is 0.497 e. The summed E-state index contributed by atoms with van der Waals surface area (Å²) in [5, 5.41) is 0.636. The summed E-state index contributed by atoms with van der Waals surface area (Å²) in [6.45, 7) is 3.33. The van der Waals surface area contributed by atoms with Crippen molar-refractivity contribution in [3.8, 4) is 22.9 Å². The summed E-state index contributed by atoms with van der Waals surface area (Å²) < 4.78 is 12.9. The lowest BCUT2D eigenvalue weighted by molar-refractivity contribution is 0.303. The van der Waals surface area contributed by atoms with Crippen LogP contribution in [0.5, 0.6) is 11.5 Å². The fourth-order valence-electron chi connectivity index (χ4n) is 3.72. The first kappa shape index (κ1) is 21.6. The minimum atomic E-state index is -0.0162. The molecule has 0 unspecified atom stereocenters. The number of nitrogens with zero attached hydrogens (tertiary/aromatic N) is 2. The number of para-hydroxylation sites is 1. The molecule has 0 spiro atoms. The van der Waals surface area contributed by atoms with Gasteiger partial charge in [-0.2, -0.15) is 0 Å². The van der Waals surface area contributed by atoms with Gasteiger partial charge in [-0.1, -0.05) is 31.2 Å². The molecule has 4 aromatic rings. The highest BCUT2D eigenvalue weighted by Crippen LogP contribution is 2.22. The van der Waals surface area contributed by atoms with E-state index in [1.807, 2.05) is 60.7 Å². The topological polar surface area (TPSA) is 53.4 Å². The van der Waals surface area contributed by atoms with E-state index in [0.29, 0.717) is 29.9 Å². The van der Waals surface area contributed by atoms with Gasteiger partial charge < -0.3 is 9.47 Å². The molecule has 0 amide bonds. The second kappa shape index (κ2) is 10.1. The van der Waals surface area contributed by atoms with Crippen molar-refractivity contribution in [2.75, 3.05) is 13.7 Å². The predicted molar refractivity (Wildman–Crippen MR) is 129 cm³/mol. The number of hydrogen-bond donors (Lipinski definition) is 0. The molecule has 4 rings (SSSR count). The summed E-state index contributed by atoms with van der Waals surface area (Å²) >= 11 is 0. The molecule has 0 aliphatic heterocycles. The van der Waals surface area contributed by atoms with Gasteiger partial charge in [0.15, 0.2) is 0 Å². The number of ether oxygens (including phenoxy) is 2.